The molecule has 2 fully saturated rings. The van der Waals surface area contributed by atoms with Gasteiger partial charge in [0.15, 0.2) is 0 Å². The summed E-state index contributed by atoms with van der Waals surface area (Å²) in [6.07, 6.45) is 9.06. The highest BCUT2D eigenvalue weighted by molar-refractivity contribution is 5.83. The predicted molar refractivity (Wildman–Crippen MR) is 42.8 cm³/mol. The number of terminal acetylenes is 1. The minimum atomic E-state index is 0.305. The number of hydrogen-bond donors (Lipinski definition) is 0. The lowest BCUT2D eigenvalue weighted by Crippen LogP contribution is -2.11. The van der Waals surface area contributed by atoms with Crippen LogP contribution in [0.4, 0.5) is 0 Å². The molecule has 0 spiro atoms. The maximum Gasteiger partial charge on any atom is 0.147 e. The van der Waals surface area contributed by atoms with Gasteiger partial charge in [-0.15, -0.1) is 6.42 Å². The van der Waals surface area contributed by atoms with Crippen LogP contribution >= 0.6 is 0 Å². The molecule has 0 aromatic heterocycles. The molecule has 2 unspecified atom stereocenters. The molecule has 2 saturated carbocycles. The van der Waals surface area contributed by atoms with Crippen molar-refractivity contribution in [3.63, 3.8) is 0 Å². The van der Waals surface area contributed by atoms with Crippen LogP contribution in [-0.2, 0) is 4.79 Å². The van der Waals surface area contributed by atoms with E-state index in [1.54, 1.807) is 0 Å². The third-order valence-corrected chi connectivity index (χ3v) is 2.98. The topological polar surface area (TPSA) is 17.1 Å². The Morgan fingerprint density at radius 3 is 2.55 bits per heavy atom. The van der Waals surface area contributed by atoms with Crippen LogP contribution in [0.1, 0.15) is 25.7 Å². The van der Waals surface area contributed by atoms with E-state index in [0.29, 0.717) is 18.1 Å². The van der Waals surface area contributed by atoms with Gasteiger partial charge in [0, 0.05) is 5.92 Å². The van der Waals surface area contributed by atoms with E-state index in [2.05, 4.69) is 5.92 Å². The van der Waals surface area contributed by atoms with Crippen molar-refractivity contribution in [3.05, 3.63) is 0 Å². The standard InChI is InChI=1S/C10H12O/c1-2-3-10(11)9-5-7-4-8(7)6-9/h1,7-9H,3-6H2. The van der Waals surface area contributed by atoms with Crippen LogP contribution < -0.4 is 0 Å². The Morgan fingerprint density at radius 1 is 1.36 bits per heavy atom. The van der Waals surface area contributed by atoms with Crippen molar-refractivity contribution >= 4 is 5.78 Å². The molecule has 2 atom stereocenters. The van der Waals surface area contributed by atoms with Crippen LogP contribution in [0.2, 0.25) is 0 Å². The number of hydrogen-bond acceptors (Lipinski definition) is 1. The van der Waals surface area contributed by atoms with Gasteiger partial charge >= 0.3 is 0 Å². The molecule has 11 heavy (non-hydrogen) atoms. The van der Waals surface area contributed by atoms with Gasteiger partial charge in [0.1, 0.15) is 5.78 Å². The van der Waals surface area contributed by atoms with E-state index < -0.39 is 0 Å². The average molecular weight is 148 g/mol. The third-order valence-electron chi connectivity index (χ3n) is 2.98. The fourth-order valence-corrected chi connectivity index (χ4v) is 2.22. The number of fused-ring (bicyclic) bond motifs is 1. The smallest absolute Gasteiger partial charge is 0.147 e. The lowest BCUT2D eigenvalue weighted by Gasteiger charge is -2.06. The summed E-state index contributed by atoms with van der Waals surface area (Å²) < 4.78 is 0. The van der Waals surface area contributed by atoms with E-state index >= 15 is 0 Å². The summed E-state index contributed by atoms with van der Waals surface area (Å²) in [5, 5.41) is 0. The summed E-state index contributed by atoms with van der Waals surface area (Å²) in [5.41, 5.74) is 0. The molecule has 0 bridgehead atoms. The van der Waals surface area contributed by atoms with Crippen molar-refractivity contribution in [3.8, 4) is 12.3 Å². The summed E-state index contributed by atoms with van der Waals surface area (Å²) in [6, 6.07) is 0. The van der Waals surface area contributed by atoms with E-state index in [0.717, 1.165) is 24.7 Å². The van der Waals surface area contributed by atoms with E-state index in [1.807, 2.05) is 0 Å². The van der Waals surface area contributed by atoms with Crippen LogP contribution in [0.25, 0.3) is 0 Å². The molecular formula is C10H12O. The Hall–Kier alpha value is -0.770. The van der Waals surface area contributed by atoms with Crippen molar-refractivity contribution in [1.82, 2.24) is 0 Å². The molecule has 0 N–H and O–H groups in total. The zero-order chi connectivity index (χ0) is 7.84. The van der Waals surface area contributed by atoms with E-state index in [9.17, 15) is 4.79 Å². The second-order valence-corrected chi connectivity index (χ2v) is 3.77. The summed E-state index contributed by atoms with van der Waals surface area (Å²) in [6.45, 7) is 0. The Balaban J connectivity index is 1.88. The second-order valence-electron chi connectivity index (χ2n) is 3.77. The Kier molecular flexibility index (Phi) is 1.49. The fraction of sp³-hybridized carbons (Fsp3) is 0.700. The molecule has 1 nitrogen and oxygen atoms in total. The number of carbonyl (C=O) groups is 1. The predicted octanol–water partition coefficient (Wildman–Crippen LogP) is 1.62. The molecule has 0 radical (unpaired) electrons. The monoisotopic (exact) mass is 148 g/mol. The summed E-state index contributed by atoms with van der Waals surface area (Å²) in [7, 11) is 0. The molecule has 1 heteroatoms. The lowest BCUT2D eigenvalue weighted by atomic mass is 9.97. The van der Waals surface area contributed by atoms with Gasteiger partial charge < -0.3 is 0 Å². The number of carbonyl (C=O) groups excluding carboxylic acids is 1. The first-order chi connectivity index (χ1) is 5.31. The molecule has 0 saturated heterocycles. The van der Waals surface area contributed by atoms with Gasteiger partial charge in [0.05, 0.1) is 6.42 Å². The Morgan fingerprint density at radius 2 is 2.00 bits per heavy atom. The maximum atomic E-state index is 11.3. The lowest BCUT2D eigenvalue weighted by molar-refractivity contribution is -0.121. The normalized spacial score (nSPS) is 39.4. The Labute approximate surface area is 67.2 Å². The molecule has 0 aromatic carbocycles. The van der Waals surface area contributed by atoms with Gasteiger partial charge in [-0.3, -0.25) is 4.79 Å². The van der Waals surface area contributed by atoms with Gasteiger partial charge in [-0.1, -0.05) is 5.92 Å². The quantitative estimate of drug-likeness (QED) is 0.544. The van der Waals surface area contributed by atoms with Crippen molar-refractivity contribution in [2.45, 2.75) is 25.7 Å². The summed E-state index contributed by atoms with van der Waals surface area (Å²) in [5.74, 6) is 4.84. The van der Waals surface area contributed by atoms with Gasteiger partial charge in [-0.2, -0.15) is 0 Å². The van der Waals surface area contributed by atoms with Gasteiger partial charge in [0.25, 0.3) is 0 Å². The number of ketones is 1. The van der Waals surface area contributed by atoms with Crippen LogP contribution in [0.15, 0.2) is 0 Å². The Bertz CT molecular complexity index is 214. The summed E-state index contributed by atoms with van der Waals surface area (Å²) >= 11 is 0. The van der Waals surface area contributed by atoms with Crippen molar-refractivity contribution in [1.29, 1.82) is 0 Å². The molecule has 0 aromatic rings. The summed E-state index contributed by atoms with van der Waals surface area (Å²) in [4.78, 5) is 11.3. The molecule has 0 amide bonds. The average Bonchev–Trinajstić information content (AvgIpc) is 2.59. The van der Waals surface area contributed by atoms with E-state index in [4.69, 9.17) is 6.42 Å². The second kappa shape index (κ2) is 2.37. The molecule has 2 aliphatic rings. The fourth-order valence-electron chi connectivity index (χ4n) is 2.22. The largest absolute Gasteiger partial charge is 0.298 e. The molecule has 2 rings (SSSR count). The third kappa shape index (κ3) is 1.18. The minimum Gasteiger partial charge on any atom is -0.298 e. The van der Waals surface area contributed by atoms with Gasteiger partial charge in [-0.05, 0) is 31.1 Å². The minimum absolute atomic E-state index is 0.305. The first kappa shape index (κ1) is 6.91. The highest BCUT2D eigenvalue weighted by atomic mass is 16.1. The molecule has 2 aliphatic carbocycles. The molecular weight excluding hydrogens is 136 g/mol. The number of rotatable bonds is 2. The van der Waals surface area contributed by atoms with Crippen molar-refractivity contribution in [2.75, 3.05) is 0 Å². The zero-order valence-corrected chi connectivity index (χ0v) is 6.55. The highest BCUT2D eigenvalue weighted by Gasteiger charge is 2.47. The van der Waals surface area contributed by atoms with Gasteiger partial charge in [-0.25, -0.2) is 0 Å². The zero-order valence-electron chi connectivity index (χ0n) is 6.55. The first-order valence-corrected chi connectivity index (χ1v) is 4.27. The maximum absolute atomic E-state index is 11.3. The number of Topliss-reactive ketones (excluding diaryl/α,β-unsaturated/α-hetero) is 1. The molecule has 58 valence electrons. The van der Waals surface area contributed by atoms with Gasteiger partial charge in [0.2, 0.25) is 0 Å². The molecule has 0 heterocycles. The van der Waals surface area contributed by atoms with Crippen LogP contribution in [-0.4, -0.2) is 5.78 Å². The first-order valence-electron chi connectivity index (χ1n) is 4.27. The molecule has 0 aliphatic heterocycles. The van der Waals surface area contributed by atoms with E-state index in [1.165, 1.54) is 6.42 Å². The van der Waals surface area contributed by atoms with Crippen LogP contribution in [0, 0.1) is 30.1 Å². The SMILES string of the molecule is C#CCC(=O)C1CC2CC2C1. The highest BCUT2D eigenvalue weighted by Crippen LogP contribution is 2.54. The van der Waals surface area contributed by atoms with E-state index in [-0.39, 0.29) is 0 Å². The van der Waals surface area contributed by atoms with Crippen LogP contribution in [0.5, 0.6) is 0 Å². The van der Waals surface area contributed by atoms with Crippen molar-refractivity contribution < 1.29 is 4.79 Å². The van der Waals surface area contributed by atoms with Crippen LogP contribution in [0.3, 0.4) is 0 Å². The van der Waals surface area contributed by atoms with Crippen molar-refractivity contribution in [2.24, 2.45) is 17.8 Å².